The Balaban J connectivity index is 1.91. The number of benzene rings is 2. The third kappa shape index (κ3) is 6.04. The first kappa shape index (κ1) is 22.7. The quantitative estimate of drug-likeness (QED) is 0.690. The summed E-state index contributed by atoms with van der Waals surface area (Å²) in [7, 11) is 3.88. The molecule has 0 saturated carbocycles. The molecule has 166 valence electrons. The molecular formula is C24H30FN3O3. The van der Waals surface area contributed by atoms with Gasteiger partial charge in [-0.25, -0.2) is 4.39 Å². The summed E-state index contributed by atoms with van der Waals surface area (Å²) in [6.45, 7) is 3.30. The molecule has 1 fully saturated rings. The first-order valence-corrected chi connectivity index (χ1v) is 10.6. The third-order valence-electron chi connectivity index (χ3n) is 5.35. The van der Waals surface area contributed by atoms with Crippen LogP contribution in [0.2, 0.25) is 0 Å². The SMILES string of the molecule is CCC(=O)Nc1ccc(N(C)C)c(CN(CC2CCCO2)C(=O)c2ccc(F)cc2)c1. The number of ether oxygens (including phenoxy) is 1. The molecule has 2 aromatic rings. The van der Waals surface area contributed by atoms with Gasteiger partial charge in [0.1, 0.15) is 5.82 Å². The van der Waals surface area contributed by atoms with Crippen LogP contribution in [0.3, 0.4) is 0 Å². The fourth-order valence-corrected chi connectivity index (χ4v) is 3.71. The summed E-state index contributed by atoms with van der Waals surface area (Å²) in [6, 6.07) is 11.3. The molecule has 0 bridgehead atoms. The van der Waals surface area contributed by atoms with Crippen molar-refractivity contribution in [2.24, 2.45) is 0 Å². The van der Waals surface area contributed by atoms with E-state index in [2.05, 4.69) is 5.32 Å². The van der Waals surface area contributed by atoms with Gasteiger partial charge in [0.2, 0.25) is 5.91 Å². The van der Waals surface area contributed by atoms with Gasteiger partial charge in [-0.15, -0.1) is 0 Å². The standard InChI is InChI=1S/C24H30FN3O3/c1-4-23(29)26-20-11-12-22(27(2)3)18(14-20)15-28(16-21-6-5-13-31-21)24(30)17-7-9-19(25)10-8-17/h7-12,14,21H,4-6,13,15-16H2,1-3H3,(H,26,29). The molecule has 31 heavy (non-hydrogen) atoms. The van der Waals surface area contributed by atoms with Crippen LogP contribution in [-0.2, 0) is 16.1 Å². The van der Waals surface area contributed by atoms with Gasteiger partial charge in [-0.05, 0) is 60.9 Å². The van der Waals surface area contributed by atoms with Crippen LogP contribution >= 0.6 is 0 Å². The van der Waals surface area contributed by atoms with Crippen LogP contribution in [0.15, 0.2) is 42.5 Å². The second kappa shape index (κ2) is 10.4. The van der Waals surface area contributed by atoms with Crippen LogP contribution in [0.5, 0.6) is 0 Å². The number of carbonyl (C=O) groups is 2. The molecule has 6 nitrogen and oxygen atoms in total. The molecular weight excluding hydrogens is 397 g/mol. The average molecular weight is 428 g/mol. The van der Waals surface area contributed by atoms with E-state index >= 15 is 0 Å². The molecule has 0 aliphatic carbocycles. The molecule has 1 aliphatic heterocycles. The van der Waals surface area contributed by atoms with Gasteiger partial charge >= 0.3 is 0 Å². The van der Waals surface area contributed by atoms with Gasteiger partial charge in [0, 0.05) is 57.2 Å². The molecule has 0 spiro atoms. The molecule has 1 N–H and O–H groups in total. The number of rotatable bonds is 8. The van der Waals surface area contributed by atoms with Gasteiger partial charge < -0.3 is 19.9 Å². The van der Waals surface area contributed by atoms with E-state index in [1.807, 2.05) is 37.2 Å². The fourth-order valence-electron chi connectivity index (χ4n) is 3.71. The summed E-state index contributed by atoms with van der Waals surface area (Å²) >= 11 is 0. The number of halogens is 1. The lowest BCUT2D eigenvalue weighted by Crippen LogP contribution is -2.37. The van der Waals surface area contributed by atoms with Gasteiger partial charge in [-0.1, -0.05) is 6.92 Å². The predicted molar refractivity (Wildman–Crippen MR) is 120 cm³/mol. The topological polar surface area (TPSA) is 61.9 Å². The van der Waals surface area contributed by atoms with Gasteiger partial charge in [0.05, 0.1) is 6.10 Å². The van der Waals surface area contributed by atoms with Gasteiger partial charge in [0.15, 0.2) is 0 Å². The van der Waals surface area contributed by atoms with Crippen molar-refractivity contribution in [2.45, 2.75) is 38.8 Å². The van der Waals surface area contributed by atoms with Crippen LogP contribution in [-0.4, -0.2) is 50.1 Å². The van der Waals surface area contributed by atoms with E-state index in [0.717, 1.165) is 24.1 Å². The van der Waals surface area contributed by atoms with E-state index in [4.69, 9.17) is 4.74 Å². The van der Waals surface area contributed by atoms with Crippen molar-refractivity contribution in [1.29, 1.82) is 0 Å². The smallest absolute Gasteiger partial charge is 0.254 e. The molecule has 1 atom stereocenters. The number of carbonyl (C=O) groups excluding carboxylic acids is 2. The first-order valence-electron chi connectivity index (χ1n) is 10.6. The van der Waals surface area contributed by atoms with E-state index in [1.165, 1.54) is 24.3 Å². The lowest BCUT2D eigenvalue weighted by molar-refractivity contribution is -0.115. The Hall–Kier alpha value is -2.93. The number of nitrogens with zero attached hydrogens (tertiary/aromatic N) is 2. The Kier molecular flexibility index (Phi) is 7.63. The number of hydrogen-bond donors (Lipinski definition) is 1. The van der Waals surface area contributed by atoms with Crippen LogP contribution in [0.1, 0.15) is 42.1 Å². The fraction of sp³-hybridized carbons (Fsp3) is 0.417. The zero-order valence-electron chi connectivity index (χ0n) is 18.4. The first-order chi connectivity index (χ1) is 14.9. The summed E-state index contributed by atoms with van der Waals surface area (Å²) in [4.78, 5) is 28.9. The van der Waals surface area contributed by atoms with Crippen molar-refractivity contribution < 1.29 is 18.7 Å². The highest BCUT2D eigenvalue weighted by Crippen LogP contribution is 2.26. The molecule has 1 heterocycles. The summed E-state index contributed by atoms with van der Waals surface area (Å²) in [6.07, 6.45) is 2.25. The summed E-state index contributed by atoms with van der Waals surface area (Å²) in [5.41, 5.74) is 2.99. The second-order valence-corrected chi connectivity index (χ2v) is 7.97. The van der Waals surface area contributed by atoms with E-state index in [1.54, 1.807) is 11.8 Å². The van der Waals surface area contributed by atoms with E-state index < -0.39 is 0 Å². The Morgan fingerprint density at radius 2 is 1.90 bits per heavy atom. The van der Waals surface area contributed by atoms with Crippen molar-refractivity contribution in [3.63, 3.8) is 0 Å². The molecule has 2 amide bonds. The van der Waals surface area contributed by atoms with Gasteiger partial charge in [-0.3, -0.25) is 9.59 Å². The molecule has 7 heteroatoms. The maximum absolute atomic E-state index is 13.4. The Morgan fingerprint density at radius 3 is 2.52 bits per heavy atom. The van der Waals surface area contributed by atoms with Gasteiger partial charge in [0.25, 0.3) is 5.91 Å². The minimum atomic E-state index is -0.378. The van der Waals surface area contributed by atoms with E-state index in [9.17, 15) is 14.0 Å². The number of amides is 2. The zero-order valence-corrected chi connectivity index (χ0v) is 18.4. The Morgan fingerprint density at radius 1 is 1.16 bits per heavy atom. The largest absolute Gasteiger partial charge is 0.377 e. The highest BCUT2D eigenvalue weighted by molar-refractivity contribution is 5.94. The zero-order chi connectivity index (χ0) is 22.4. The minimum absolute atomic E-state index is 0.0184. The summed E-state index contributed by atoms with van der Waals surface area (Å²) in [5.74, 6) is -0.623. The third-order valence-corrected chi connectivity index (χ3v) is 5.35. The van der Waals surface area contributed by atoms with Crippen molar-refractivity contribution in [3.05, 3.63) is 59.4 Å². The minimum Gasteiger partial charge on any atom is -0.377 e. The van der Waals surface area contributed by atoms with Crippen LogP contribution in [0.25, 0.3) is 0 Å². The molecule has 1 aliphatic rings. The van der Waals surface area contributed by atoms with Crippen LogP contribution < -0.4 is 10.2 Å². The molecule has 0 aromatic heterocycles. The monoisotopic (exact) mass is 427 g/mol. The van der Waals surface area contributed by atoms with Crippen molar-refractivity contribution >= 4 is 23.2 Å². The van der Waals surface area contributed by atoms with E-state index in [0.29, 0.717) is 37.4 Å². The van der Waals surface area contributed by atoms with Crippen molar-refractivity contribution in [1.82, 2.24) is 4.90 Å². The van der Waals surface area contributed by atoms with Gasteiger partial charge in [-0.2, -0.15) is 0 Å². The number of nitrogens with one attached hydrogen (secondary N) is 1. The molecule has 2 aromatic carbocycles. The predicted octanol–water partition coefficient (Wildman–Crippen LogP) is 4.06. The molecule has 3 rings (SSSR count). The number of hydrogen-bond acceptors (Lipinski definition) is 4. The highest BCUT2D eigenvalue weighted by atomic mass is 19.1. The van der Waals surface area contributed by atoms with Crippen molar-refractivity contribution in [2.75, 3.05) is 37.5 Å². The highest BCUT2D eigenvalue weighted by Gasteiger charge is 2.25. The normalized spacial score (nSPS) is 15.5. The molecule has 1 unspecified atom stereocenters. The Bertz CT molecular complexity index is 909. The lowest BCUT2D eigenvalue weighted by Gasteiger charge is -2.28. The second-order valence-electron chi connectivity index (χ2n) is 7.97. The van der Waals surface area contributed by atoms with Crippen LogP contribution in [0, 0.1) is 5.82 Å². The number of anilines is 2. The average Bonchev–Trinajstić information content (AvgIpc) is 3.26. The molecule has 1 saturated heterocycles. The molecule has 0 radical (unpaired) electrons. The maximum atomic E-state index is 13.4. The lowest BCUT2D eigenvalue weighted by atomic mass is 10.1. The Labute approximate surface area is 183 Å². The van der Waals surface area contributed by atoms with Crippen LogP contribution in [0.4, 0.5) is 15.8 Å². The van der Waals surface area contributed by atoms with Crippen molar-refractivity contribution in [3.8, 4) is 0 Å². The maximum Gasteiger partial charge on any atom is 0.254 e. The summed E-state index contributed by atoms with van der Waals surface area (Å²) < 4.78 is 19.1. The summed E-state index contributed by atoms with van der Waals surface area (Å²) in [5, 5.41) is 2.88. The van der Waals surface area contributed by atoms with E-state index in [-0.39, 0.29) is 23.7 Å².